The molecule has 3 atom stereocenters. The standard InChI is InChI=1S/C24H19FN6O2S.C21H13FN4O.C7H12O.C2H6.H2/c25-17-8-6-15(7-9-17)20-19(12-31(30-20)18-10-11-34(32,33)13-18)21-22-24(27-14-26-21)29-23(28-22)16-4-2-1-3-5-16;22-15-8-6-14(7-9-15)19-17(11-25-26-19)20-16-10-18(13-4-2-1-3-5-13)27-21(16)24-12-23-20;1-2-6-4-5-7(3-1)8-6;1-2;/h1-9,12,14,18H,10-11,13H2,(H,26,27,28,29);1-12H,(H,25,26);6-7H,1-5H2;1-2H3;1H/t;;6-,7+;;. The molecule has 0 radical (unpaired) electrons. The van der Waals surface area contributed by atoms with Gasteiger partial charge in [-0.2, -0.15) is 10.2 Å². The van der Waals surface area contributed by atoms with Gasteiger partial charge in [-0.05, 0) is 93.1 Å². The van der Waals surface area contributed by atoms with Gasteiger partial charge in [0, 0.05) is 41.0 Å². The Bertz CT molecular complexity index is 3500. The molecule has 2 N–H and O–H groups in total. The molecule has 6 aromatic heterocycles. The van der Waals surface area contributed by atoms with Gasteiger partial charge in [0.05, 0.1) is 52.7 Å². The lowest BCUT2D eigenvalue weighted by atomic mass is 10.0. The van der Waals surface area contributed by atoms with Gasteiger partial charge in [0.15, 0.2) is 15.5 Å². The van der Waals surface area contributed by atoms with Crippen molar-refractivity contribution in [1.82, 2.24) is 49.9 Å². The second kappa shape index (κ2) is 20.7. The monoisotopic (exact) mass is 974 g/mol. The van der Waals surface area contributed by atoms with Crippen molar-refractivity contribution < 1.29 is 27.8 Å². The number of nitrogens with one attached hydrogen (secondary N) is 2. The van der Waals surface area contributed by atoms with E-state index in [0.29, 0.717) is 69.5 Å². The van der Waals surface area contributed by atoms with E-state index in [1.807, 2.05) is 86.8 Å². The summed E-state index contributed by atoms with van der Waals surface area (Å²) in [6.07, 6.45) is 15.0. The van der Waals surface area contributed by atoms with Crippen molar-refractivity contribution in [1.29, 1.82) is 0 Å². The predicted octanol–water partition coefficient (Wildman–Crippen LogP) is 12.1. The number of hydrogen-bond donors (Lipinski definition) is 2. The molecule has 3 aliphatic heterocycles. The average molecular weight is 975 g/mol. The van der Waals surface area contributed by atoms with E-state index in [9.17, 15) is 17.2 Å². The fourth-order valence-electron chi connectivity index (χ4n) is 9.22. The topological polar surface area (TPSA) is 183 Å². The fourth-order valence-corrected chi connectivity index (χ4v) is 10.9. The van der Waals surface area contributed by atoms with Crippen molar-refractivity contribution in [3.05, 3.63) is 152 Å². The van der Waals surface area contributed by atoms with E-state index in [0.717, 1.165) is 39.1 Å². The summed E-state index contributed by atoms with van der Waals surface area (Å²) in [7, 11) is -3.10. The summed E-state index contributed by atoms with van der Waals surface area (Å²) in [5.41, 5.74) is 9.18. The van der Waals surface area contributed by atoms with Crippen LogP contribution in [0.1, 0.15) is 59.8 Å². The number of hydrogen-bond acceptors (Lipinski definition) is 11. The summed E-state index contributed by atoms with van der Waals surface area (Å²) in [6, 6.07) is 33.5. The highest BCUT2D eigenvalue weighted by atomic mass is 32.2. The van der Waals surface area contributed by atoms with E-state index in [1.54, 1.807) is 35.1 Å². The number of halogens is 2. The number of nitrogens with zero attached hydrogens (tertiary/aromatic N) is 8. The molecule has 2 bridgehead atoms. The van der Waals surface area contributed by atoms with E-state index in [1.165, 1.54) is 69.0 Å². The first-order valence-electron chi connectivity index (χ1n) is 23.8. The molecule has 0 saturated carbocycles. The largest absolute Gasteiger partial charge is 0.438 e. The number of ether oxygens (including phenoxy) is 1. The highest BCUT2D eigenvalue weighted by molar-refractivity contribution is 7.91. The van der Waals surface area contributed by atoms with Crippen LogP contribution >= 0.6 is 0 Å². The van der Waals surface area contributed by atoms with Gasteiger partial charge < -0.3 is 14.1 Å². The third kappa shape index (κ3) is 10.3. The Hall–Kier alpha value is -7.76. The molecule has 0 aliphatic carbocycles. The molecule has 10 aromatic rings. The van der Waals surface area contributed by atoms with Gasteiger partial charge in [-0.1, -0.05) is 74.5 Å². The average Bonchev–Trinajstić information content (AvgIpc) is 4.29. The third-order valence-electron chi connectivity index (χ3n) is 12.7. The Morgan fingerprint density at radius 3 is 2.00 bits per heavy atom. The Balaban J connectivity index is 0.000000150. The zero-order valence-corrected chi connectivity index (χ0v) is 39.9. The minimum absolute atomic E-state index is 0. The molecular formula is C54H52F2N10O4S. The van der Waals surface area contributed by atoms with Gasteiger partial charge in [0.25, 0.3) is 0 Å². The van der Waals surface area contributed by atoms with Gasteiger partial charge in [0.1, 0.15) is 52.8 Å². The lowest BCUT2D eigenvalue weighted by Gasteiger charge is -2.18. The Kier molecular flexibility index (Phi) is 13.7. The molecule has 3 fully saturated rings. The number of aromatic nitrogens is 10. The molecule has 13 rings (SSSR count). The maximum atomic E-state index is 13.6. The molecule has 9 heterocycles. The predicted molar refractivity (Wildman–Crippen MR) is 271 cm³/mol. The maximum Gasteiger partial charge on any atom is 0.230 e. The molecule has 0 spiro atoms. The number of imidazole rings is 1. The number of H-pyrrole nitrogens is 2. The van der Waals surface area contributed by atoms with Crippen molar-refractivity contribution in [2.45, 2.75) is 70.6 Å². The molecule has 1 unspecified atom stereocenters. The van der Waals surface area contributed by atoms with Crippen molar-refractivity contribution in [2.75, 3.05) is 11.5 Å². The summed E-state index contributed by atoms with van der Waals surface area (Å²) in [4.78, 5) is 25.5. The van der Waals surface area contributed by atoms with Crippen LogP contribution in [0.4, 0.5) is 8.78 Å². The third-order valence-corrected chi connectivity index (χ3v) is 14.4. The first kappa shape index (κ1) is 46.9. The van der Waals surface area contributed by atoms with Crippen molar-refractivity contribution in [3.8, 4) is 67.7 Å². The summed E-state index contributed by atoms with van der Waals surface area (Å²) in [5, 5.41) is 12.7. The maximum absolute atomic E-state index is 13.6. The lowest BCUT2D eigenvalue weighted by Crippen LogP contribution is -2.16. The zero-order valence-electron chi connectivity index (χ0n) is 39.0. The van der Waals surface area contributed by atoms with Gasteiger partial charge >= 0.3 is 0 Å². The Morgan fingerprint density at radius 1 is 0.690 bits per heavy atom. The van der Waals surface area contributed by atoms with E-state index in [-0.39, 0.29) is 30.6 Å². The molecular weight excluding hydrogens is 923 g/mol. The molecule has 3 saturated heterocycles. The smallest absolute Gasteiger partial charge is 0.230 e. The summed E-state index contributed by atoms with van der Waals surface area (Å²) in [5.74, 6) is 0.924. The lowest BCUT2D eigenvalue weighted by molar-refractivity contribution is 0.00574. The fraction of sp³-hybridized carbons (Fsp3) is 0.241. The van der Waals surface area contributed by atoms with Crippen LogP contribution in [-0.2, 0) is 14.6 Å². The van der Waals surface area contributed by atoms with Crippen LogP contribution in [0.2, 0.25) is 0 Å². The number of sulfone groups is 1. The van der Waals surface area contributed by atoms with Crippen molar-refractivity contribution >= 4 is 32.1 Å². The Morgan fingerprint density at radius 2 is 1.34 bits per heavy atom. The highest BCUT2D eigenvalue weighted by Gasteiger charge is 2.32. The first-order valence-corrected chi connectivity index (χ1v) is 25.6. The minimum Gasteiger partial charge on any atom is -0.438 e. The van der Waals surface area contributed by atoms with E-state index < -0.39 is 9.84 Å². The second-order valence-electron chi connectivity index (χ2n) is 17.3. The number of benzene rings is 4. The molecule has 3 aliphatic rings. The number of furan rings is 1. The number of rotatable bonds is 7. The summed E-state index contributed by atoms with van der Waals surface area (Å²) in [6.45, 7) is 4.00. The van der Waals surface area contributed by atoms with E-state index in [2.05, 4.69) is 40.1 Å². The molecule has 17 heteroatoms. The van der Waals surface area contributed by atoms with E-state index >= 15 is 0 Å². The van der Waals surface area contributed by atoms with Crippen LogP contribution in [0.5, 0.6) is 0 Å². The molecule has 362 valence electrons. The number of aromatic amines is 2. The highest BCUT2D eigenvalue weighted by Crippen LogP contribution is 2.38. The summed E-state index contributed by atoms with van der Waals surface area (Å²) < 4.78 is 64.2. The van der Waals surface area contributed by atoms with Gasteiger partial charge in [-0.25, -0.2) is 42.1 Å². The molecule has 0 amide bonds. The summed E-state index contributed by atoms with van der Waals surface area (Å²) >= 11 is 0. The van der Waals surface area contributed by atoms with Crippen LogP contribution in [0.25, 0.3) is 90.0 Å². The molecule has 14 nitrogen and oxygen atoms in total. The van der Waals surface area contributed by atoms with Gasteiger partial charge in [0.2, 0.25) is 5.71 Å². The van der Waals surface area contributed by atoms with Crippen LogP contribution in [0.3, 0.4) is 0 Å². The molecule has 4 aromatic carbocycles. The normalized spacial score (nSPS) is 17.7. The van der Waals surface area contributed by atoms with Gasteiger partial charge in [-0.3, -0.25) is 9.78 Å². The van der Waals surface area contributed by atoms with Crippen LogP contribution in [-0.4, -0.2) is 82.0 Å². The van der Waals surface area contributed by atoms with Crippen molar-refractivity contribution in [2.24, 2.45) is 0 Å². The SMILES string of the molecule is C1C[C@@H]2CC[C@H](C1)O2.CC.Fc1ccc(-c2[nH]ncc2-c2ncnc3oc(-c4ccccc4)cc23)cc1.O=S1(=O)CCC(n2cc(-c3ncnc4nc(-c5ccccc5)[nH]c34)c(-c3ccc(F)cc3)n2)C1.[HH]. The molecule has 71 heavy (non-hydrogen) atoms. The minimum atomic E-state index is -3.10. The van der Waals surface area contributed by atoms with Crippen LogP contribution < -0.4 is 0 Å². The quantitative estimate of drug-likeness (QED) is 0.155. The second-order valence-corrected chi connectivity index (χ2v) is 19.5. The van der Waals surface area contributed by atoms with Crippen LogP contribution in [0, 0.1) is 11.6 Å². The van der Waals surface area contributed by atoms with Gasteiger partial charge in [-0.15, -0.1) is 0 Å². The van der Waals surface area contributed by atoms with Crippen molar-refractivity contribution in [3.63, 3.8) is 0 Å². The Labute approximate surface area is 410 Å². The van der Waals surface area contributed by atoms with E-state index in [4.69, 9.17) is 14.3 Å². The zero-order chi connectivity index (χ0) is 48.9. The number of fused-ring (bicyclic) bond motifs is 4. The first-order chi connectivity index (χ1) is 34.7. The van der Waals surface area contributed by atoms with Crippen LogP contribution in [0.15, 0.2) is 145 Å².